The molecule has 0 saturated heterocycles. The third-order valence-electron chi connectivity index (χ3n) is 12.8. The fourth-order valence-electron chi connectivity index (χ4n) is 9.56. The summed E-state index contributed by atoms with van der Waals surface area (Å²) in [5, 5.41) is 29.1. The van der Waals surface area contributed by atoms with Gasteiger partial charge in [0.1, 0.15) is 30.3 Å². The van der Waals surface area contributed by atoms with Crippen LogP contribution in [0.1, 0.15) is 102 Å². The van der Waals surface area contributed by atoms with Crippen molar-refractivity contribution in [1.29, 1.82) is 5.26 Å². The lowest BCUT2D eigenvalue weighted by molar-refractivity contribution is -0.164. The molecular weight excluding hydrogens is 862 g/mol. The molecule has 3 amide bonds. The molecule has 0 aliphatic heterocycles. The summed E-state index contributed by atoms with van der Waals surface area (Å²) in [5.74, 6) is -0.848. The lowest BCUT2D eigenvalue weighted by Crippen LogP contribution is -2.74. The Hall–Kier alpha value is -5.75. The SMILES string of the molecule is CC(C)(C)[C@H](NC(=O)COCCCCCOc1ccc(C(=O)N[C@H]2C(C)(C)[C@H](Oc3ccc(C#N)c(Cl)c3)C2(C)C)cc1)C(=O)C1C[C@H](O)C[C@H]1C(=O)NCc1ccc(-c2cnco2)cc1. The molecule has 4 atom stereocenters. The van der Waals surface area contributed by atoms with Crippen LogP contribution in [0.15, 0.2) is 83.7 Å². The van der Waals surface area contributed by atoms with E-state index >= 15 is 0 Å². The van der Waals surface area contributed by atoms with E-state index in [1.165, 1.54) is 6.39 Å². The fourth-order valence-corrected chi connectivity index (χ4v) is 9.78. The van der Waals surface area contributed by atoms with Gasteiger partial charge in [0.05, 0.1) is 41.5 Å². The molecule has 0 bridgehead atoms. The third kappa shape index (κ3) is 12.0. The van der Waals surface area contributed by atoms with Gasteiger partial charge in [-0.15, -0.1) is 0 Å². The molecule has 14 nitrogen and oxygen atoms in total. The third-order valence-corrected chi connectivity index (χ3v) is 13.1. The van der Waals surface area contributed by atoms with Gasteiger partial charge in [0.2, 0.25) is 11.8 Å². The number of ketones is 1. The number of hydrogen-bond donors (Lipinski definition) is 4. The van der Waals surface area contributed by atoms with Crippen LogP contribution in [0.25, 0.3) is 11.3 Å². The number of aliphatic hydroxyl groups is 1. The van der Waals surface area contributed by atoms with Gasteiger partial charge in [-0.2, -0.15) is 5.26 Å². The Morgan fingerprint density at radius 2 is 1.59 bits per heavy atom. The van der Waals surface area contributed by atoms with Crippen molar-refractivity contribution < 1.29 is 42.9 Å². The van der Waals surface area contributed by atoms with Crippen LogP contribution in [-0.2, 0) is 25.7 Å². The average molecular weight is 925 g/mol. The number of carbonyl (C=O) groups excluding carboxylic acids is 4. The summed E-state index contributed by atoms with van der Waals surface area (Å²) in [4.78, 5) is 57.7. The number of aliphatic hydroxyl groups excluding tert-OH is 1. The summed E-state index contributed by atoms with van der Waals surface area (Å²) >= 11 is 6.23. The lowest BCUT2D eigenvalue weighted by Gasteiger charge is -2.63. The molecule has 6 rings (SSSR count). The number of Topliss-reactive ketones (excluding diaryl/α,β-unsaturated/α-hetero) is 1. The Bertz CT molecular complexity index is 2340. The maximum absolute atomic E-state index is 14.0. The van der Waals surface area contributed by atoms with Crippen molar-refractivity contribution in [2.45, 2.75) is 111 Å². The van der Waals surface area contributed by atoms with Crippen LogP contribution in [0.4, 0.5) is 0 Å². The Morgan fingerprint density at radius 3 is 2.23 bits per heavy atom. The zero-order valence-corrected chi connectivity index (χ0v) is 39.6. The molecule has 2 aliphatic carbocycles. The van der Waals surface area contributed by atoms with Crippen molar-refractivity contribution >= 4 is 35.1 Å². The maximum atomic E-state index is 14.0. The van der Waals surface area contributed by atoms with Gasteiger partial charge in [-0.3, -0.25) is 19.2 Å². The molecule has 2 aliphatic rings. The van der Waals surface area contributed by atoms with Gasteiger partial charge in [-0.25, -0.2) is 4.98 Å². The Morgan fingerprint density at radius 1 is 0.924 bits per heavy atom. The van der Waals surface area contributed by atoms with Gasteiger partial charge in [-0.05, 0) is 79.5 Å². The molecule has 1 unspecified atom stereocenters. The van der Waals surface area contributed by atoms with Crippen molar-refractivity contribution in [3.8, 4) is 28.9 Å². The molecule has 352 valence electrons. The van der Waals surface area contributed by atoms with Gasteiger partial charge in [0.25, 0.3) is 5.91 Å². The van der Waals surface area contributed by atoms with Gasteiger partial charge in [0.15, 0.2) is 17.9 Å². The van der Waals surface area contributed by atoms with Gasteiger partial charge >= 0.3 is 0 Å². The molecule has 1 aromatic heterocycles. The molecule has 4 aromatic rings. The lowest BCUT2D eigenvalue weighted by atomic mass is 9.49. The summed E-state index contributed by atoms with van der Waals surface area (Å²) in [7, 11) is 0. The van der Waals surface area contributed by atoms with Crippen molar-refractivity contribution in [2.24, 2.45) is 28.1 Å². The molecular formula is C51H62ClN5O9. The largest absolute Gasteiger partial charge is 0.494 e. The Labute approximate surface area is 392 Å². The van der Waals surface area contributed by atoms with Gasteiger partial charge < -0.3 is 39.7 Å². The molecule has 2 fully saturated rings. The summed E-state index contributed by atoms with van der Waals surface area (Å²) in [6.45, 7) is 14.6. The predicted octanol–water partition coefficient (Wildman–Crippen LogP) is 7.85. The van der Waals surface area contributed by atoms with Crippen LogP contribution < -0.4 is 25.4 Å². The van der Waals surface area contributed by atoms with E-state index in [1.54, 1.807) is 48.7 Å². The van der Waals surface area contributed by atoms with E-state index in [0.29, 0.717) is 53.0 Å². The minimum atomic E-state index is -0.888. The molecule has 15 heteroatoms. The van der Waals surface area contributed by atoms with Crippen LogP contribution in [0, 0.1) is 39.4 Å². The summed E-state index contributed by atoms with van der Waals surface area (Å²) in [5.41, 5.74) is 1.18. The van der Waals surface area contributed by atoms with Crippen molar-refractivity contribution in [3.05, 3.63) is 101 Å². The number of oxazole rings is 1. The molecule has 1 heterocycles. The van der Waals surface area contributed by atoms with E-state index in [1.807, 2.05) is 45.0 Å². The number of amides is 3. The number of unbranched alkanes of at least 4 members (excludes halogenated alkanes) is 2. The number of nitriles is 1. The summed E-state index contributed by atoms with van der Waals surface area (Å²) < 4.78 is 23.3. The van der Waals surface area contributed by atoms with E-state index in [9.17, 15) is 29.5 Å². The number of rotatable bonds is 20. The highest BCUT2D eigenvalue weighted by atomic mass is 35.5. The summed E-state index contributed by atoms with van der Waals surface area (Å²) in [6, 6.07) is 20.5. The van der Waals surface area contributed by atoms with Gasteiger partial charge in [-0.1, -0.05) is 84.3 Å². The minimum Gasteiger partial charge on any atom is -0.494 e. The first-order chi connectivity index (χ1) is 31.3. The second kappa shape index (κ2) is 21.3. The minimum absolute atomic E-state index is 0.143. The van der Waals surface area contributed by atoms with E-state index in [4.69, 9.17) is 30.2 Å². The van der Waals surface area contributed by atoms with Crippen LogP contribution in [-0.4, -0.2) is 77.7 Å². The molecule has 0 spiro atoms. The van der Waals surface area contributed by atoms with Crippen LogP contribution >= 0.6 is 11.6 Å². The first-order valence-corrected chi connectivity index (χ1v) is 22.9. The second-order valence-electron chi connectivity index (χ2n) is 19.7. The zero-order valence-electron chi connectivity index (χ0n) is 38.8. The number of carbonyl (C=O) groups is 4. The first-order valence-electron chi connectivity index (χ1n) is 22.5. The van der Waals surface area contributed by atoms with E-state index < -0.39 is 35.3 Å². The summed E-state index contributed by atoms with van der Waals surface area (Å²) in [6.07, 6.45) is 4.51. The molecule has 66 heavy (non-hydrogen) atoms. The predicted molar refractivity (Wildman–Crippen MR) is 248 cm³/mol. The molecule has 3 aromatic carbocycles. The standard InChI is InChI=1S/C51H62ClN5O9/c1-49(2,3)44(43(60)38-23-35(58)24-39(38)46(62)55-27-31-11-13-32(14-12-31)41-28-54-30-65-41)56-42(59)29-63-21-9-8-10-22-64-36-18-15-33(16-19-36)45(61)57-47-50(4,5)48(51(47,6)7)66-37-20-17-34(26-53)40(52)25-37/h11-20,25,28,30,35,38-39,44,47-48,58H,8-10,21-24,27,29H2,1-7H3,(H,55,62)(H,56,59)(H,57,61)/t35-,38?,39+,44+,47-,48-/m0/s1. The Balaban J connectivity index is 0.875. The van der Waals surface area contributed by atoms with E-state index in [2.05, 4.69) is 54.7 Å². The molecule has 4 N–H and O–H groups in total. The maximum Gasteiger partial charge on any atom is 0.251 e. The first kappa shape index (κ1) is 49.7. The highest BCUT2D eigenvalue weighted by Gasteiger charge is 2.64. The highest BCUT2D eigenvalue weighted by molar-refractivity contribution is 6.31. The second-order valence-corrected chi connectivity index (χ2v) is 20.1. The fraction of sp³-hybridized carbons (Fsp3) is 0.490. The highest BCUT2D eigenvalue weighted by Crippen LogP contribution is 2.55. The number of halogens is 1. The van der Waals surface area contributed by atoms with Crippen LogP contribution in [0.2, 0.25) is 5.02 Å². The molecule has 0 radical (unpaired) electrons. The molecule has 2 saturated carbocycles. The van der Waals surface area contributed by atoms with Crippen molar-refractivity contribution in [1.82, 2.24) is 20.9 Å². The van der Waals surface area contributed by atoms with Gasteiger partial charge in [0, 0.05) is 53.1 Å². The van der Waals surface area contributed by atoms with E-state index in [0.717, 1.165) is 24.0 Å². The quantitative estimate of drug-likeness (QED) is 0.0629. The number of aromatic nitrogens is 1. The number of nitrogens with zero attached hydrogens (tertiary/aromatic N) is 2. The normalized spacial score (nSPS) is 21.1. The smallest absolute Gasteiger partial charge is 0.251 e. The van der Waals surface area contributed by atoms with Crippen LogP contribution in [0.3, 0.4) is 0 Å². The Kier molecular flexibility index (Phi) is 16.0. The van der Waals surface area contributed by atoms with Crippen molar-refractivity contribution in [2.75, 3.05) is 19.8 Å². The van der Waals surface area contributed by atoms with Crippen LogP contribution in [0.5, 0.6) is 11.5 Å². The van der Waals surface area contributed by atoms with Crippen molar-refractivity contribution in [3.63, 3.8) is 0 Å². The zero-order chi connectivity index (χ0) is 47.8. The van der Waals surface area contributed by atoms with E-state index in [-0.39, 0.29) is 66.6 Å². The number of ether oxygens (including phenoxy) is 3. The monoisotopic (exact) mass is 923 g/mol. The number of benzene rings is 3. The average Bonchev–Trinajstić information content (AvgIpc) is 3.97. The number of hydrogen-bond acceptors (Lipinski definition) is 11. The topological polar surface area (TPSA) is 202 Å². The number of nitrogens with one attached hydrogen (secondary N) is 3.